The molecule has 1 aromatic heterocycles. The summed E-state index contributed by atoms with van der Waals surface area (Å²) in [5.41, 5.74) is 1.10. The second-order valence-electron chi connectivity index (χ2n) is 3.48. The molecule has 0 saturated carbocycles. The topological polar surface area (TPSA) is 36.7 Å². The molecule has 0 aliphatic heterocycles. The lowest BCUT2D eigenvalue weighted by molar-refractivity contribution is 0.574. The van der Waals surface area contributed by atoms with Gasteiger partial charge in [-0.25, -0.2) is 13.8 Å². The van der Waals surface area contributed by atoms with Crippen LogP contribution in [0.1, 0.15) is 16.3 Å². The first kappa shape index (κ1) is 11.7. The highest BCUT2D eigenvalue weighted by molar-refractivity contribution is 7.09. The van der Waals surface area contributed by atoms with Gasteiger partial charge < -0.3 is 0 Å². The van der Waals surface area contributed by atoms with Gasteiger partial charge in [0, 0.05) is 17.9 Å². The summed E-state index contributed by atoms with van der Waals surface area (Å²) in [4.78, 5) is 4.19. The van der Waals surface area contributed by atoms with Gasteiger partial charge in [-0.2, -0.15) is 5.26 Å². The van der Waals surface area contributed by atoms with Crippen molar-refractivity contribution >= 4 is 11.3 Å². The third-order valence-corrected chi connectivity index (χ3v) is 3.11. The van der Waals surface area contributed by atoms with E-state index in [1.54, 1.807) is 5.38 Å². The second-order valence-corrected chi connectivity index (χ2v) is 4.42. The SMILES string of the molecule is N#CCc1csc(Cc2ccc(F)cc2F)n1. The average molecular weight is 250 g/mol. The van der Waals surface area contributed by atoms with Gasteiger partial charge in [0.25, 0.3) is 0 Å². The molecule has 17 heavy (non-hydrogen) atoms. The Balaban J connectivity index is 2.17. The number of nitrogens with zero attached hydrogens (tertiary/aromatic N) is 2. The third-order valence-electron chi connectivity index (χ3n) is 2.22. The summed E-state index contributed by atoms with van der Waals surface area (Å²) in [6, 6.07) is 5.50. The van der Waals surface area contributed by atoms with Crippen molar-refractivity contribution in [2.75, 3.05) is 0 Å². The minimum atomic E-state index is -0.587. The normalized spacial score (nSPS) is 10.2. The number of nitriles is 1. The van der Waals surface area contributed by atoms with Gasteiger partial charge in [0.15, 0.2) is 0 Å². The minimum absolute atomic E-state index is 0.252. The molecule has 0 bridgehead atoms. The lowest BCUT2D eigenvalue weighted by Gasteiger charge is -2.00. The van der Waals surface area contributed by atoms with E-state index in [0.717, 1.165) is 11.1 Å². The standard InChI is InChI=1S/C12H8F2N2S/c13-9-2-1-8(11(14)6-9)5-12-16-10(3-4-15)7-17-12/h1-2,6-7H,3,5H2. The van der Waals surface area contributed by atoms with Crippen LogP contribution in [-0.2, 0) is 12.8 Å². The smallest absolute Gasteiger partial charge is 0.129 e. The minimum Gasteiger partial charge on any atom is -0.245 e. The Morgan fingerprint density at radius 2 is 2.18 bits per heavy atom. The lowest BCUT2D eigenvalue weighted by atomic mass is 10.1. The van der Waals surface area contributed by atoms with Crippen LogP contribution in [0.15, 0.2) is 23.6 Å². The van der Waals surface area contributed by atoms with Crippen LogP contribution in [0, 0.1) is 23.0 Å². The summed E-state index contributed by atoms with van der Waals surface area (Å²) in [6.07, 6.45) is 0.574. The maximum absolute atomic E-state index is 13.4. The zero-order chi connectivity index (χ0) is 12.3. The number of aromatic nitrogens is 1. The van der Waals surface area contributed by atoms with Crippen molar-refractivity contribution in [2.24, 2.45) is 0 Å². The molecule has 0 aliphatic carbocycles. The quantitative estimate of drug-likeness (QED) is 0.839. The molecule has 0 N–H and O–H groups in total. The van der Waals surface area contributed by atoms with Crippen LogP contribution < -0.4 is 0 Å². The molecule has 2 rings (SSSR count). The van der Waals surface area contributed by atoms with Crippen LogP contribution in [0.2, 0.25) is 0 Å². The van der Waals surface area contributed by atoms with Crippen molar-refractivity contribution in [2.45, 2.75) is 12.8 Å². The van der Waals surface area contributed by atoms with E-state index in [2.05, 4.69) is 4.98 Å². The molecular weight excluding hydrogens is 242 g/mol. The predicted octanol–water partition coefficient (Wildman–Crippen LogP) is 3.08. The Labute approximate surface area is 101 Å². The van der Waals surface area contributed by atoms with Gasteiger partial charge in [-0.3, -0.25) is 0 Å². The first-order valence-corrected chi connectivity index (χ1v) is 5.81. The maximum Gasteiger partial charge on any atom is 0.129 e. The summed E-state index contributed by atoms with van der Waals surface area (Å²) in [5, 5.41) is 11.0. The molecule has 0 atom stereocenters. The lowest BCUT2D eigenvalue weighted by Crippen LogP contribution is -1.93. The fraction of sp³-hybridized carbons (Fsp3) is 0.167. The van der Waals surface area contributed by atoms with Crippen LogP contribution in [0.3, 0.4) is 0 Å². The fourth-order valence-corrected chi connectivity index (χ4v) is 2.24. The van der Waals surface area contributed by atoms with E-state index in [9.17, 15) is 8.78 Å². The summed E-state index contributed by atoms with van der Waals surface area (Å²) in [5.74, 6) is -1.16. The van der Waals surface area contributed by atoms with Crippen LogP contribution in [0.25, 0.3) is 0 Å². The van der Waals surface area contributed by atoms with Crippen molar-refractivity contribution < 1.29 is 8.78 Å². The van der Waals surface area contributed by atoms with Gasteiger partial charge in [0.2, 0.25) is 0 Å². The molecule has 0 radical (unpaired) electrons. The molecule has 0 saturated heterocycles. The number of halogens is 2. The monoisotopic (exact) mass is 250 g/mol. The van der Waals surface area contributed by atoms with Crippen molar-refractivity contribution in [3.8, 4) is 6.07 Å². The first-order valence-electron chi connectivity index (χ1n) is 4.93. The van der Waals surface area contributed by atoms with Gasteiger partial charge in [-0.15, -0.1) is 11.3 Å². The Bertz CT molecular complexity index is 572. The Morgan fingerprint density at radius 1 is 1.35 bits per heavy atom. The molecule has 1 aromatic carbocycles. The third kappa shape index (κ3) is 2.86. The van der Waals surface area contributed by atoms with Crippen LogP contribution >= 0.6 is 11.3 Å². The number of benzene rings is 1. The highest BCUT2D eigenvalue weighted by Crippen LogP contribution is 2.18. The van der Waals surface area contributed by atoms with E-state index < -0.39 is 11.6 Å². The van der Waals surface area contributed by atoms with E-state index in [1.165, 1.54) is 23.5 Å². The van der Waals surface area contributed by atoms with Gasteiger partial charge in [0.1, 0.15) is 11.6 Å². The van der Waals surface area contributed by atoms with Crippen molar-refractivity contribution in [1.29, 1.82) is 5.26 Å². The summed E-state index contributed by atoms with van der Waals surface area (Å²) in [7, 11) is 0. The molecule has 0 aliphatic rings. The Hall–Kier alpha value is -1.80. The van der Waals surface area contributed by atoms with Gasteiger partial charge in [0.05, 0.1) is 23.2 Å². The molecular formula is C12H8F2N2S. The summed E-state index contributed by atoms with van der Waals surface area (Å²) in [6.45, 7) is 0. The highest BCUT2D eigenvalue weighted by Gasteiger charge is 2.08. The molecule has 0 unspecified atom stereocenters. The zero-order valence-corrected chi connectivity index (χ0v) is 9.60. The van der Waals surface area contributed by atoms with Crippen LogP contribution in [0.4, 0.5) is 8.78 Å². The van der Waals surface area contributed by atoms with E-state index in [1.807, 2.05) is 6.07 Å². The molecule has 0 spiro atoms. The molecule has 5 heteroatoms. The Kier molecular flexibility index (Phi) is 3.45. The number of hydrogen-bond acceptors (Lipinski definition) is 3. The van der Waals surface area contributed by atoms with Gasteiger partial charge >= 0.3 is 0 Å². The predicted molar refractivity (Wildman–Crippen MR) is 60.6 cm³/mol. The summed E-state index contributed by atoms with van der Waals surface area (Å²) < 4.78 is 26.1. The zero-order valence-electron chi connectivity index (χ0n) is 8.78. The molecule has 0 amide bonds. The van der Waals surface area contributed by atoms with Crippen molar-refractivity contribution in [1.82, 2.24) is 4.98 Å². The van der Waals surface area contributed by atoms with Crippen molar-refractivity contribution in [3.05, 3.63) is 51.5 Å². The molecule has 2 nitrogen and oxygen atoms in total. The number of rotatable bonds is 3. The number of hydrogen-bond donors (Lipinski definition) is 0. The molecule has 1 heterocycles. The maximum atomic E-state index is 13.4. The van der Waals surface area contributed by atoms with Crippen LogP contribution in [-0.4, -0.2) is 4.98 Å². The number of thiazole rings is 1. The van der Waals surface area contributed by atoms with E-state index in [0.29, 0.717) is 17.7 Å². The summed E-state index contributed by atoms with van der Waals surface area (Å²) >= 11 is 1.37. The van der Waals surface area contributed by atoms with Crippen molar-refractivity contribution in [3.63, 3.8) is 0 Å². The van der Waals surface area contributed by atoms with Gasteiger partial charge in [-0.05, 0) is 11.6 Å². The fourth-order valence-electron chi connectivity index (χ4n) is 1.42. The average Bonchev–Trinajstić information content (AvgIpc) is 2.71. The highest BCUT2D eigenvalue weighted by atomic mass is 32.1. The largest absolute Gasteiger partial charge is 0.245 e. The van der Waals surface area contributed by atoms with Crippen LogP contribution in [0.5, 0.6) is 0 Å². The first-order chi connectivity index (χ1) is 8.19. The molecule has 0 fully saturated rings. The van der Waals surface area contributed by atoms with E-state index in [4.69, 9.17) is 5.26 Å². The van der Waals surface area contributed by atoms with Gasteiger partial charge in [-0.1, -0.05) is 6.07 Å². The molecule has 2 aromatic rings. The Morgan fingerprint density at radius 3 is 2.88 bits per heavy atom. The molecule has 86 valence electrons. The van der Waals surface area contributed by atoms with E-state index >= 15 is 0 Å². The second kappa shape index (κ2) is 5.02. The van der Waals surface area contributed by atoms with E-state index in [-0.39, 0.29) is 6.42 Å².